The van der Waals surface area contributed by atoms with Gasteiger partial charge in [-0.15, -0.1) is 0 Å². The highest BCUT2D eigenvalue weighted by atomic mass is 16.4. The first-order valence-corrected chi connectivity index (χ1v) is 7.38. The smallest absolute Gasteiger partial charge is 0.307 e. The van der Waals surface area contributed by atoms with Gasteiger partial charge in [-0.05, 0) is 17.0 Å². The van der Waals surface area contributed by atoms with Crippen LogP contribution in [-0.4, -0.2) is 22.0 Å². The molecule has 0 fully saturated rings. The number of hydrogen-bond acceptors (Lipinski definition) is 3. The van der Waals surface area contributed by atoms with E-state index in [1.54, 1.807) is 36.4 Å². The van der Waals surface area contributed by atoms with Crippen molar-refractivity contribution in [1.82, 2.24) is 0 Å². The Morgan fingerprint density at radius 2 is 1.65 bits per heavy atom. The maximum absolute atomic E-state index is 12.7. The van der Waals surface area contributed by atoms with Gasteiger partial charge in [0.1, 0.15) is 5.75 Å². The normalized spacial score (nSPS) is 11.3. The van der Waals surface area contributed by atoms with Gasteiger partial charge in [0.25, 0.3) is 0 Å². The Balaban J connectivity index is 2.62. The molecule has 120 valence electrons. The van der Waals surface area contributed by atoms with E-state index in [1.165, 1.54) is 6.07 Å². The molecule has 0 atom stereocenters. The third kappa shape index (κ3) is 3.77. The minimum atomic E-state index is -0.978. The Hall–Kier alpha value is -2.62. The zero-order valence-corrected chi connectivity index (χ0v) is 13.5. The maximum Gasteiger partial charge on any atom is 0.307 e. The number of carbonyl (C=O) groups is 2. The van der Waals surface area contributed by atoms with Crippen LogP contribution in [0.4, 0.5) is 0 Å². The molecule has 0 heterocycles. The van der Waals surface area contributed by atoms with Crippen LogP contribution in [0.25, 0.3) is 0 Å². The number of phenolic OH excluding ortho intramolecular Hbond substituents is 1. The van der Waals surface area contributed by atoms with Gasteiger partial charge in [-0.3, -0.25) is 9.59 Å². The maximum atomic E-state index is 12.7. The van der Waals surface area contributed by atoms with Crippen LogP contribution in [-0.2, 0) is 16.6 Å². The molecule has 4 nitrogen and oxygen atoms in total. The Labute approximate surface area is 135 Å². The minimum Gasteiger partial charge on any atom is -0.507 e. The van der Waals surface area contributed by atoms with Crippen LogP contribution < -0.4 is 0 Å². The van der Waals surface area contributed by atoms with Crippen molar-refractivity contribution >= 4 is 11.8 Å². The van der Waals surface area contributed by atoms with Crippen molar-refractivity contribution in [2.75, 3.05) is 0 Å². The summed E-state index contributed by atoms with van der Waals surface area (Å²) in [4.78, 5) is 23.7. The van der Waals surface area contributed by atoms with Crippen LogP contribution in [0.2, 0.25) is 0 Å². The average Bonchev–Trinajstić information content (AvgIpc) is 2.47. The molecule has 2 aromatic rings. The second kappa shape index (κ2) is 6.24. The van der Waals surface area contributed by atoms with Crippen LogP contribution in [0.5, 0.6) is 5.75 Å². The van der Waals surface area contributed by atoms with E-state index in [1.807, 2.05) is 20.8 Å². The molecule has 0 aliphatic heterocycles. The highest BCUT2D eigenvalue weighted by Crippen LogP contribution is 2.35. The lowest BCUT2D eigenvalue weighted by molar-refractivity contribution is -0.136. The lowest BCUT2D eigenvalue weighted by atomic mass is 9.82. The molecule has 2 rings (SSSR count). The predicted molar refractivity (Wildman–Crippen MR) is 88.0 cm³/mol. The number of aromatic hydroxyl groups is 1. The van der Waals surface area contributed by atoms with E-state index >= 15 is 0 Å². The lowest BCUT2D eigenvalue weighted by Gasteiger charge is -2.23. The van der Waals surface area contributed by atoms with Gasteiger partial charge in [-0.25, -0.2) is 0 Å². The first-order valence-electron chi connectivity index (χ1n) is 7.38. The van der Waals surface area contributed by atoms with E-state index < -0.39 is 11.4 Å². The number of benzene rings is 2. The number of carboxylic acids is 1. The van der Waals surface area contributed by atoms with E-state index in [0.29, 0.717) is 16.7 Å². The quantitative estimate of drug-likeness (QED) is 0.847. The van der Waals surface area contributed by atoms with Gasteiger partial charge >= 0.3 is 5.97 Å². The van der Waals surface area contributed by atoms with Gasteiger partial charge in [-0.1, -0.05) is 57.2 Å². The van der Waals surface area contributed by atoms with Crippen LogP contribution in [0.3, 0.4) is 0 Å². The molecule has 4 heteroatoms. The molecule has 2 aromatic carbocycles. The lowest BCUT2D eigenvalue weighted by Crippen LogP contribution is -2.15. The van der Waals surface area contributed by atoms with E-state index in [2.05, 4.69) is 0 Å². The van der Waals surface area contributed by atoms with Crippen molar-refractivity contribution in [1.29, 1.82) is 0 Å². The van der Waals surface area contributed by atoms with Gasteiger partial charge in [0.15, 0.2) is 5.78 Å². The third-order valence-corrected chi connectivity index (χ3v) is 3.61. The molecule has 0 amide bonds. The molecule has 0 spiro atoms. The second-order valence-electron chi connectivity index (χ2n) is 6.56. The van der Waals surface area contributed by atoms with Gasteiger partial charge in [0, 0.05) is 11.1 Å². The molecule has 0 bridgehead atoms. The number of phenols is 1. The first-order chi connectivity index (χ1) is 10.7. The molecule has 0 aromatic heterocycles. The summed E-state index contributed by atoms with van der Waals surface area (Å²) in [6.07, 6.45) is -0.196. The summed E-state index contributed by atoms with van der Waals surface area (Å²) in [5.41, 5.74) is 1.25. The van der Waals surface area contributed by atoms with Crippen LogP contribution in [0.1, 0.15) is 47.8 Å². The van der Waals surface area contributed by atoms with E-state index in [4.69, 9.17) is 5.11 Å². The number of carboxylic acid groups (broad SMARTS) is 1. The summed E-state index contributed by atoms with van der Waals surface area (Å²) in [5, 5.41) is 19.6. The van der Waals surface area contributed by atoms with E-state index in [0.717, 1.165) is 0 Å². The van der Waals surface area contributed by atoms with Gasteiger partial charge in [0.2, 0.25) is 0 Å². The Morgan fingerprint density at radius 3 is 2.17 bits per heavy atom. The zero-order valence-electron chi connectivity index (χ0n) is 13.5. The summed E-state index contributed by atoms with van der Waals surface area (Å²) >= 11 is 0. The zero-order chi connectivity index (χ0) is 17.2. The monoisotopic (exact) mass is 312 g/mol. The first kappa shape index (κ1) is 16.7. The van der Waals surface area contributed by atoms with Crippen molar-refractivity contribution in [3.8, 4) is 5.75 Å². The number of ketones is 1. The summed E-state index contributed by atoms with van der Waals surface area (Å²) in [6.45, 7) is 5.72. The Bertz CT molecular complexity index is 740. The van der Waals surface area contributed by atoms with Gasteiger partial charge in [-0.2, -0.15) is 0 Å². The molecule has 0 unspecified atom stereocenters. The molecule has 2 N–H and O–H groups in total. The fraction of sp³-hybridized carbons (Fsp3) is 0.263. The van der Waals surface area contributed by atoms with Gasteiger partial charge < -0.3 is 10.2 Å². The summed E-state index contributed by atoms with van der Waals surface area (Å²) < 4.78 is 0. The molecule has 0 aliphatic carbocycles. The second-order valence-corrected chi connectivity index (χ2v) is 6.56. The van der Waals surface area contributed by atoms with Crippen molar-refractivity contribution in [2.45, 2.75) is 32.6 Å². The van der Waals surface area contributed by atoms with Crippen molar-refractivity contribution in [3.63, 3.8) is 0 Å². The number of carbonyl (C=O) groups excluding carboxylic acids is 1. The summed E-state index contributed by atoms with van der Waals surface area (Å²) in [7, 11) is 0. The fourth-order valence-corrected chi connectivity index (χ4v) is 2.46. The molecule has 0 saturated heterocycles. The number of aliphatic carboxylic acids is 1. The largest absolute Gasteiger partial charge is 0.507 e. The molecule has 0 radical (unpaired) electrons. The Morgan fingerprint density at radius 1 is 1.04 bits per heavy atom. The Kier molecular flexibility index (Phi) is 4.55. The molecule has 0 saturated carbocycles. The average molecular weight is 312 g/mol. The van der Waals surface area contributed by atoms with Crippen LogP contribution >= 0.6 is 0 Å². The SMILES string of the molecule is CC(C)(C)c1cc(CC(=O)O)cc(C(=O)c2ccccc2)c1O. The molecular formula is C19H20O4. The molecule has 0 aliphatic rings. The predicted octanol–water partition coefficient (Wildman–Crippen LogP) is 3.55. The van der Waals surface area contributed by atoms with Gasteiger partial charge in [0.05, 0.1) is 12.0 Å². The van der Waals surface area contributed by atoms with Crippen molar-refractivity contribution in [3.05, 3.63) is 64.7 Å². The highest BCUT2D eigenvalue weighted by molar-refractivity contribution is 6.11. The summed E-state index contributed by atoms with van der Waals surface area (Å²) in [6, 6.07) is 11.8. The van der Waals surface area contributed by atoms with Crippen LogP contribution in [0, 0.1) is 0 Å². The molecule has 23 heavy (non-hydrogen) atoms. The highest BCUT2D eigenvalue weighted by Gasteiger charge is 2.25. The number of rotatable bonds is 4. The summed E-state index contributed by atoms with van der Waals surface area (Å²) in [5.74, 6) is -1.38. The fourth-order valence-electron chi connectivity index (χ4n) is 2.46. The standard InChI is InChI=1S/C19H20O4/c1-19(2,3)15-10-12(11-16(20)21)9-14(18(15)23)17(22)13-7-5-4-6-8-13/h4-10,23H,11H2,1-3H3,(H,20,21). The van der Waals surface area contributed by atoms with E-state index in [-0.39, 0.29) is 23.5 Å². The van der Waals surface area contributed by atoms with Crippen molar-refractivity contribution < 1.29 is 19.8 Å². The molecular weight excluding hydrogens is 292 g/mol. The van der Waals surface area contributed by atoms with Crippen LogP contribution in [0.15, 0.2) is 42.5 Å². The number of hydrogen-bond donors (Lipinski definition) is 2. The van der Waals surface area contributed by atoms with Crippen molar-refractivity contribution in [2.24, 2.45) is 0 Å². The third-order valence-electron chi connectivity index (χ3n) is 3.61. The topological polar surface area (TPSA) is 74.6 Å². The minimum absolute atomic E-state index is 0.0829. The van der Waals surface area contributed by atoms with E-state index in [9.17, 15) is 14.7 Å².